The van der Waals surface area contributed by atoms with Crippen LogP contribution in [-0.4, -0.2) is 22.7 Å². The highest BCUT2D eigenvalue weighted by Crippen LogP contribution is 2.40. The van der Waals surface area contributed by atoms with Gasteiger partial charge >= 0.3 is 5.97 Å². The van der Waals surface area contributed by atoms with Crippen molar-refractivity contribution in [2.45, 2.75) is 6.92 Å². The van der Waals surface area contributed by atoms with Gasteiger partial charge in [-0.1, -0.05) is 35.5 Å². The lowest BCUT2D eigenvalue weighted by Gasteiger charge is -2.03. The number of aliphatic hydroxyl groups is 1. The molecule has 0 saturated carbocycles. The Morgan fingerprint density at radius 2 is 1.89 bits per heavy atom. The molecule has 3 rings (SSSR count). The quantitative estimate of drug-likeness (QED) is 0.668. The highest BCUT2D eigenvalue weighted by atomic mass is 35.5. The second-order valence-corrected chi connectivity index (χ2v) is 6.97. The molecule has 0 bridgehead atoms. The predicted molar refractivity (Wildman–Crippen MR) is 107 cm³/mol. The molecule has 4 nitrogen and oxygen atoms in total. The first kappa shape index (κ1) is 19.2. The first-order valence-electron chi connectivity index (χ1n) is 8.08. The van der Waals surface area contributed by atoms with E-state index in [1.165, 1.54) is 24.3 Å². The third kappa shape index (κ3) is 4.59. The number of carbonyl (C=O) groups excluding carboxylic acids is 1. The maximum atomic E-state index is 13.1. The molecule has 27 heavy (non-hydrogen) atoms. The van der Waals surface area contributed by atoms with Crippen molar-refractivity contribution < 1.29 is 19.0 Å². The largest absolute Gasteiger partial charge is 0.506 e. The molecule has 0 spiro atoms. The molecule has 0 amide bonds. The van der Waals surface area contributed by atoms with E-state index in [1.807, 2.05) is 0 Å². The number of ether oxygens (including phenoxy) is 1. The fourth-order valence-corrected chi connectivity index (χ4v) is 3.50. The van der Waals surface area contributed by atoms with Crippen LogP contribution in [0.5, 0.6) is 0 Å². The van der Waals surface area contributed by atoms with Crippen LogP contribution >= 0.6 is 23.4 Å². The number of hydrogen-bond donors (Lipinski definition) is 1. The molecule has 0 unspecified atom stereocenters. The van der Waals surface area contributed by atoms with Crippen molar-refractivity contribution in [1.29, 1.82) is 0 Å². The van der Waals surface area contributed by atoms with Crippen molar-refractivity contribution in [3.8, 4) is 0 Å². The molecular formula is C20H15ClFNO3S. The smallest absolute Gasteiger partial charge is 0.344 e. The number of nitrogens with zero attached hydrogens (tertiary/aromatic N) is 1. The van der Waals surface area contributed by atoms with Gasteiger partial charge in [-0.3, -0.25) is 0 Å². The van der Waals surface area contributed by atoms with Crippen LogP contribution in [0, 0.1) is 5.82 Å². The summed E-state index contributed by atoms with van der Waals surface area (Å²) in [6.45, 7) is 1.85. The average molecular weight is 404 g/mol. The molecule has 1 aliphatic heterocycles. The predicted octanol–water partition coefficient (Wildman–Crippen LogP) is 5.67. The van der Waals surface area contributed by atoms with Gasteiger partial charge in [-0.2, -0.15) is 0 Å². The zero-order chi connectivity index (χ0) is 19.4. The topological polar surface area (TPSA) is 58.9 Å². The maximum Gasteiger partial charge on any atom is 0.344 e. The summed E-state index contributed by atoms with van der Waals surface area (Å²) in [5.74, 6) is -1.25. The summed E-state index contributed by atoms with van der Waals surface area (Å²) in [4.78, 5) is 17.1. The lowest BCUT2D eigenvalue weighted by molar-refractivity contribution is -0.138. The van der Waals surface area contributed by atoms with Gasteiger partial charge in [0.25, 0.3) is 0 Å². The van der Waals surface area contributed by atoms with Gasteiger partial charge in [0, 0.05) is 5.02 Å². The van der Waals surface area contributed by atoms with E-state index in [9.17, 15) is 14.3 Å². The first-order chi connectivity index (χ1) is 13.0. The zero-order valence-corrected chi connectivity index (χ0v) is 15.9. The Labute approximate surface area is 165 Å². The van der Waals surface area contributed by atoms with E-state index in [2.05, 4.69) is 4.99 Å². The van der Waals surface area contributed by atoms with Crippen LogP contribution in [0.15, 0.2) is 69.8 Å². The number of rotatable bonds is 4. The molecule has 0 saturated heterocycles. The molecule has 0 aromatic heterocycles. The first-order valence-corrected chi connectivity index (χ1v) is 9.28. The molecule has 2 aromatic rings. The Hall–Kier alpha value is -2.57. The minimum absolute atomic E-state index is 0.00797. The summed E-state index contributed by atoms with van der Waals surface area (Å²) in [6, 6.07) is 12.6. The van der Waals surface area contributed by atoms with Crippen molar-refractivity contribution in [1.82, 2.24) is 0 Å². The fourth-order valence-electron chi connectivity index (χ4n) is 2.34. The van der Waals surface area contributed by atoms with E-state index >= 15 is 0 Å². The van der Waals surface area contributed by atoms with Crippen LogP contribution in [0.1, 0.15) is 12.5 Å². The highest BCUT2D eigenvalue weighted by molar-refractivity contribution is 8.18. The van der Waals surface area contributed by atoms with Crippen LogP contribution in [0.4, 0.5) is 10.1 Å². The fraction of sp³-hybridized carbons (Fsp3) is 0.100. The molecule has 1 N–H and O–H groups in total. The van der Waals surface area contributed by atoms with E-state index in [0.717, 1.165) is 17.3 Å². The Morgan fingerprint density at radius 1 is 1.22 bits per heavy atom. The van der Waals surface area contributed by atoms with Crippen molar-refractivity contribution >= 4 is 46.1 Å². The summed E-state index contributed by atoms with van der Waals surface area (Å²) in [5, 5.41) is 11.5. The number of halogens is 2. The second kappa shape index (κ2) is 8.41. The number of hydrogen-bond acceptors (Lipinski definition) is 5. The Bertz CT molecular complexity index is 950. The molecule has 2 aromatic carbocycles. The van der Waals surface area contributed by atoms with Gasteiger partial charge in [0.2, 0.25) is 0 Å². The number of aliphatic imine (C=N–C) groups is 1. The minimum Gasteiger partial charge on any atom is -0.506 e. The number of thioether (sulfide) groups is 1. The molecular weight excluding hydrogens is 389 g/mol. The molecule has 1 heterocycles. The Morgan fingerprint density at radius 3 is 2.52 bits per heavy atom. The Kier molecular flexibility index (Phi) is 5.98. The zero-order valence-electron chi connectivity index (χ0n) is 14.3. The van der Waals surface area contributed by atoms with Crippen LogP contribution in [0.2, 0.25) is 5.02 Å². The Balaban J connectivity index is 2.02. The van der Waals surface area contributed by atoms with E-state index < -0.39 is 5.97 Å². The van der Waals surface area contributed by atoms with E-state index in [1.54, 1.807) is 37.3 Å². The van der Waals surface area contributed by atoms with Gasteiger partial charge in [0.1, 0.15) is 22.2 Å². The highest BCUT2D eigenvalue weighted by Gasteiger charge is 2.33. The monoisotopic (exact) mass is 403 g/mol. The summed E-state index contributed by atoms with van der Waals surface area (Å²) < 4.78 is 18.1. The van der Waals surface area contributed by atoms with Crippen LogP contribution in [0.3, 0.4) is 0 Å². The van der Waals surface area contributed by atoms with Crippen LogP contribution in [-0.2, 0) is 9.53 Å². The summed E-state index contributed by atoms with van der Waals surface area (Å²) in [7, 11) is 0. The number of benzene rings is 2. The molecule has 0 radical (unpaired) electrons. The standard InChI is InChI=1S/C20H15ClFNO3S/c1-2-26-20(25)17-18(24)16(11-12-3-5-13(21)6-4-12)27-19(17)23-15-9-7-14(22)8-10-15/h3-11,24H,2H2,1H3/b16-11-,23-19?. The summed E-state index contributed by atoms with van der Waals surface area (Å²) >= 11 is 7.03. The van der Waals surface area contributed by atoms with E-state index in [4.69, 9.17) is 16.3 Å². The van der Waals surface area contributed by atoms with Crippen molar-refractivity contribution in [2.24, 2.45) is 4.99 Å². The van der Waals surface area contributed by atoms with E-state index in [-0.39, 0.29) is 28.8 Å². The van der Waals surface area contributed by atoms with Crippen molar-refractivity contribution in [3.05, 3.63) is 81.2 Å². The van der Waals surface area contributed by atoms with Gasteiger partial charge in [-0.05, 0) is 55.0 Å². The molecule has 138 valence electrons. The maximum absolute atomic E-state index is 13.1. The number of carbonyl (C=O) groups is 1. The van der Waals surface area contributed by atoms with Crippen molar-refractivity contribution in [2.75, 3.05) is 6.61 Å². The lowest BCUT2D eigenvalue weighted by atomic mass is 10.1. The third-order valence-corrected chi connectivity index (χ3v) is 4.87. The van der Waals surface area contributed by atoms with Crippen LogP contribution < -0.4 is 0 Å². The molecule has 0 atom stereocenters. The molecule has 1 aliphatic rings. The molecule has 0 fully saturated rings. The van der Waals surface area contributed by atoms with Gasteiger partial charge in [0.15, 0.2) is 0 Å². The van der Waals surface area contributed by atoms with Gasteiger partial charge in [0.05, 0.1) is 17.2 Å². The van der Waals surface area contributed by atoms with Gasteiger partial charge in [-0.15, -0.1) is 0 Å². The molecule has 7 heteroatoms. The summed E-state index contributed by atoms with van der Waals surface area (Å²) in [5.41, 5.74) is 1.26. The summed E-state index contributed by atoms with van der Waals surface area (Å²) in [6.07, 6.45) is 1.72. The van der Waals surface area contributed by atoms with Gasteiger partial charge < -0.3 is 9.84 Å². The minimum atomic E-state index is -0.664. The average Bonchev–Trinajstić information content (AvgIpc) is 2.94. The van der Waals surface area contributed by atoms with Crippen molar-refractivity contribution in [3.63, 3.8) is 0 Å². The number of aliphatic hydroxyl groups excluding tert-OH is 1. The van der Waals surface area contributed by atoms with Gasteiger partial charge in [-0.25, -0.2) is 14.2 Å². The molecule has 0 aliphatic carbocycles. The lowest BCUT2D eigenvalue weighted by Crippen LogP contribution is -2.12. The number of esters is 1. The van der Waals surface area contributed by atoms with E-state index in [0.29, 0.717) is 15.6 Å². The SMILES string of the molecule is CCOC(=O)C1=C(O)/C(=C/c2ccc(Cl)cc2)SC1=Nc1ccc(F)cc1. The second-order valence-electron chi connectivity index (χ2n) is 5.50. The third-order valence-electron chi connectivity index (χ3n) is 3.60. The normalized spacial score (nSPS) is 17.0. The van der Waals surface area contributed by atoms with Crippen LogP contribution in [0.25, 0.3) is 6.08 Å².